The van der Waals surface area contributed by atoms with Gasteiger partial charge in [0.25, 0.3) is 0 Å². The Bertz CT molecular complexity index is 279. The SMILES string of the molecule is CCn1ccnc1NCC1CC1C. The number of hydrogen-bond acceptors (Lipinski definition) is 2. The van der Waals surface area contributed by atoms with Crippen LogP contribution in [0.15, 0.2) is 12.4 Å². The first-order valence-corrected chi connectivity index (χ1v) is 5.06. The van der Waals surface area contributed by atoms with Crippen LogP contribution in [0, 0.1) is 11.8 Å². The van der Waals surface area contributed by atoms with Gasteiger partial charge >= 0.3 is 0 Å². The van der Waals surface area contributed by atoms with Crippen molar-refractivity contribution in [1.82, 2.24) is 9.55 Å². The Kier molecular flexibility index (Phi) is 2.25. The van der Waals surface area contributed by atoms with Crippen molar-refractivity contribution >= 4 is 5.95 Å². The maximum Gasteiger partial charge on any atom is 0.202 e. The van der Waals surface area contributed by atoms with Gasteiger partial charge in [0.05, 0.1) is 0 Å². The first-order chi connectivity index (χ1) is 6.31. The standard InChI is InChI=1S/C10H17N3/c1-3-13-5-4-11-10(13)12-7-9-6-8(9)2/h4-5,8-9H,3,6-7H2,1-2H3,(H,11,12). The third-order valence-electron chi connectivity index (χ3n) is 2.85. The molecule has 1 aliphatic rings. The van der Waals surface area contributed by atoms with Gasteiger partial charge < -0.3 is 9.88 Å². The molecule has 13 heavy (non-hydrogen) atoms. The fourth-order valence-electron chi connectivity index (χ4n) is 1.64. The Hall–Kier alpha value is -0.990. The molecule has 0 aromatic carbocycles. The van der Waals surface area contributed by atoms with E-state index in [-0.39, 0.29) is 0 Å². The van der Waals surface area contributed by atoms with Crippen molar-refractivity contribution in [2.24, 2.45) is 11.8 Å². The molecule has 0 bridgehead atoms. The zero-order valence-corrected chi connectivity index (χ0v) is 8.33. The van der Waals surface area contributed by atoms with Crippen LogP contribution in [0.5, 0.6) is 0 Å². The fraction of sp³-hybridized carbons (Fsp3) is 0.700. The lowest BCUT2D eigenvalue weighted by Gasteiger charge is -2.06. The second kappa shape index (κ2) is 3.40. The lowest BCUT2D eigenvalue weighted by atomic mass is 10.3. The van der Waals surface area contributed by atoms with Crippen LogP contribution in [0.2, 0.25) is 0 Å². The predicted octanol–water partition coefficient (Wildman–Crippen LogP) is 1.97. The Morgan fingerprint density at radius 3 is 3.08 bits per heavy atom. The minimum atomic E-state index is 0.877. The van der Waals surface area contributed by atoms with Crippen molar-refractivity contribution in [3.63, 3.8) is 0 Å². The molecule has 2 unspecified atom stereocenters. The first kappa shape index (κ1) is 8.60. The molecule has 3 nitrogen and oxygen atoms in total. The van der Waals surface area contributed by atoms with Crippen LogP contribution in [-0.4, -0.2) is 16.1 Å². The minimum Gasteiger partial charge on any atom is -0.355 e. The van der Waals surface area contributed by atoms with E-state index in [1.807, 2.05) is 12.4 Å². The highest BCUT2D eigenvalue weighted by Gasteiger charge is 2.32. The molecule has 0 radical (unpaired) electrons. The van der Waals surface area contributed by atoms with Gasteiger partial charge in [-0.2, -0.15) is 0 Å². The highest BCUT2D eigenvalue weighted by molar-refractivity contribution is 5.26. The lowest BCUT2D eigenvalue weighted by Crippen LogP contribution is -2.09. The van der Waals surface area contributed by atoms with Crippen LogP contribution in [0.3, 0.4) is 0 Å². The van der Waals surface area contributed by atoms with Gasteiger partial charge in [-0.3, -0.25) is 0 Å². The second-order valence-corrected chi connectivity index (χ2v) is 3.89. The number of nitrogens with one attached hydrogen (secondary N) is 1. The van der Waals surface area contributed by atoms with Crippen LogP contribution < -0.4 is 5.32 Å². The van der Waals surface area contributed by atoms with Crippen molar-refractivity contribution < 1.29 is 0 Å². The van der Waals surface area contributed by atoms with E-state index in [0.29, 0.717) is 0 Å². The molecule has 0 amide bonds. The van der Waals surface area contributed by atoms with Crippen molar-refractivity contribution in [3.05, 3.63) is 12.4 Å². The highest BCUT2D eigenvalue weighted by atomic mass is 15.2. The van der Waals surface area contributed by atoms with Gasteiger partial charge in [0, 0.05) is 25.5 Å². The van der Waals surface area contributed by atoms with Crippen LogP contribution in [0.1, 0.15) is 20.3 Å². The number of rotatable bonds is 4. The molecule has 1 aliphatic carbocycles. The molecule has 72 valence electrons. The van der Waals surface area contributed by atoms with Gasteiger partial charge in [0.1, 0.15) is 0 Å². The normalized spacial score (nSPS) is 26.0. The molecule has 1 N–H and O–H groups in total. The summed E-state index contributed by atoms with van der Waals surface area (Å²) in [5.74, 6) is 2.81. The Morgan fingerprint density at radius 2 is 2.46 bits per heavy atom. The van der Waals surface area contributed by atoms with E-state index in [4.69, 9.17) is 0 Å². The Morgan fingerprint density at radius 1 is 1.69 bits per heavy atom. The molecule has 1 fully saturated rings. The molecule has 1 heterocycles. The molecular formula is C10H17N3. The summed E-state index contributed by atoms with van der Waals surface area (Å²) in [7, 11) is 0. The minimum absolute atomic E-state index is 0.877. The van der Waals surface area contributed by atoms with Crippen molar-refractivity contribution in [2.75, 3.05) is 11.9 Å². The third kappa shape index (κ3) is 1.85. The number of aryl methyl sites for hydroxylation is 1. The van der Waals surface area contributed by atoms with Crippen LogP contribution in [0.25, 0.3) is 0 Å². The smallest absolute Gasteiger partial charge is 0.202 e. The van der Waals surface area contributed by atoms with Gasteiger partial charge in [-0.15, -0.1) is 0 Å². The molecule has 0 spiro atoms. The summed E-state index contributed by atoms with van der Waals surface area (Å²) in [5.41, 5.74) is 0. The van der Waals surface area contributed by atoms with E-state index in [9.17, 15) is 0 Å². The third-order valence-corrected chi connectivity index (χ3v) is 2.85. The van der Waals surface area contributed by atoms with E-state index < -0.39 is 0 Å². The van der Waals surface area contributed by atoms with E-state index in [1.165, 1.54) is 6.42 Å². The fourth-order valence-corrected chi connectivity index (χ4v) is 1.64. The predicted molar refractivity (Wildman–Crippen MR) is 53.7 cm³/mol. The zero-order chi connectivity index (χ0) is 9.26. The molecule has 2 atom stereocenters. The zero-order valence-electron chi connectivity index (χ0n) is 8.33. The Labute approximate surface area is 79.2 Å². The molecule has 1 aromatic rings. The number of hydrogen-bond donors (Lipinski definition) is 1. The van der Waals surface area contributed by atoms with Gasteiger partial charge in [0.2, 0.25) is 5.95 Å². The monoisotopic (exact) mass is 179 g/mol. The summed E-state index contributed by atoms with van der Waals surface area (Å²) in [6.07, 6.45) is 5.24. The van der Waals surface area contributed by atoms with Gasteiger partial charge in [-0.25, -0.2) is 4.98 Å². The summed E-state index contributed by atoms with van der Waals surface area (Å²) >= 11 is 0. The van der Waals surface area contributed by atoms with E-state index in [2.05, 4.69) is 28.7 Å². The maximum absolute atomic E-state index is 4.26. The summed E-state index contributed by atoms with van der Waals surface area (Å²) in [6, 6.07) is 0. The molecule has 0 saturated heterocycles. The van der Waals surface area contributed by atoms with E-state index >= 15 is 0 Å². The number of imidazole rings is 1. The first-order valence-electron chi connectivity index (χ1n) is 5.06. The topological polar surface area (TPSA) is 29.9 Å². The number of nitrogens with zero attached hydrogens (tertiary/aromatic N) is 2. The van der Waals surface area contributed by atoms with Crippen LogP contribution in [0.4, 0.5) is 5.95 Å². The van der Waals surface area contributed by atoms with Crippen molar-refractivity contribution in [3.8, 4) is 0 Å². The van der Waals surface area contributed by atoms with Crippen molar-refractivity contribution in [2.45, 2.75) is 26.8 Å². The molecule has 1 aromatic heterocycles. The van der Waals surface area contributed by atoms with E-state index in [1.54, 1.807) is 0 Å². The quantitative estimate of drug-likeness (QED) is 0.765. The maximum atomic E-state index is 4.26. The average Bonchev–Trinajstić information content (AvgIpc) is 2.68. The molecular weight excluding hydrogens is 162 g/mol. The van der Waals surface area contributed by atoms with Crippen LogP contribution >= 0.6 is 0 Å². The molecule has 3 heteroatoms. The molecule has 2 rings (SSSR count). The summed E-state index contributed by atoms with van der Waals surface area (Å²) in [6.45, 7) is 6.51. The number of anilines is 1. The van der Waals surface area contributed by atoms with E-state index in [0.717, 1.165) is 30.9 Å². The highest BCUT2D eigenvalue weighted by Crippen LogP contribution is 2.37. The average molecular weight is 179 g/mol. The number of aromatic nitrogens is 2. The summed E-state index contributed by atoms with van der Waals surface area (Å²) in [4.78, 5) is 4.26. The van der Waals surface area contributed by atoms with Gasteiger partial charge in [-0.05, 0) is 25.2 Å². The summed E-state index contributed by atoms with van der Waals surface area (Å²) < 4.78 is 2.13. The van der Waals surface area contributed by atoms with Gasteiger partial charge in [-0.1, -0.05) is 6.92 Å². The Balaban J connectivity index is 1.86. The molecule has 1 saturated carbocycles. The van der Waals surface area contributed by atoms with Crippen molar-refractivity contribution in [1.29, 1.82) is 0 Å². The van der Waals surface area contributed by atoms with Gasteiger partial charge in [0.15, 0.2) is 0 Å². The lowest BCUT2D eigenvalue weighted by molar-refractivity contribution is 0.737. The molecule has 0 aliphatic heterocycles. The largest absolute Gasteiger partial charge is 0.355 e. The second-order valence-electron chi connectivity index (χ2n) is 3.89. The van der Waals surface area contributed by atoms with Crippen LogP contribution in [-0.2, 0) is 6.54 Å². The summed E-state index contributed by atoms with van der Waals surface area (Å²) in [5, 5.41) is 3.39.